The van der Waals surface area contributed by atoms with Crippen LogP contribution in [0, 0.1) is 0 Å². The van der Waals surface area contributed by atoms with E-state index in [-0.39, 0.29) is 5.56 Å². The van der Waals surface area contributed by atoms with Gasteiger partial charge in [0.05, 0.1) is 41.1 Å². The lowest BCUT2D eigenvalue weighted by atomic mass is 10.1. The van der Waals surface area contributed by atoms with Gasteiger partial charge in [-0.15, -0.1) is 0 Å². The van der Waals surface area contributed by atoms with E-state index in [9.17, 15) is 4.79 Å². The van der Waals surface area contributed by atoms with E-state index in [1.807, 2.05) is 12.1 Å². The Balaban J connectivity index is 1.98. The smallest absolute Gasteiger partial charge is 0.253 e. The average molecular weight is 400 g/mol. The van der Waals surface area contributed by atoms with Crippen LogP contribution in [0.15, 0.2) is 35.1 Å². The Morgan fingerprint density at radius 3 is 2.10 bits per heavy atom. The van der Waals surface area contributed by atoms with Gasteiger partial charge < -0.3 is 34.0 Å². The minimum absolute atomic E-state index is 0.209. The molecule has 1 heterocycles. The van der Waals surface area contributed by atoms with Gasteiger partial charge in [-0.25, -0.2) is 0 Å². The fraction of sp³-hybridized carbons (Fsp3) is 0.286. The van der Waals surface area contributed by atoms with Crippen LogP contribution >= 0.6 is 0 Å². The van der Waals surface area contributed by atoms with Crippen LogP contribution in [-0.4, -0.2) is 40.5 Å². The molecule has 154 valence electrons. The van der Waals surface area contributed by atoms with Crippen LogP contribution in [0.1, 0.15) is 5.56 Å². The largest absolute Gasteiger partial charge is 0.493 e. The quantitative estimate of drug-likeness (QED) is 0.600. The molecular weight excluding hydrogens is 376 g/mol. The van der Waals surface area contributed by atoms with Gasteiger partial charge in [0.2, 0.25) is 5.75 Å². The predicted molar refractivity (Wildman–Crippen MR) is 111 cm³/mol. The van der Waals surface area contributed by atoms with E-state index in [1.54, 1.807) is 39.5 Å². The zero-order chi connectivity index (χ0) is 21.0. The minimum atomic E-state index is -0.209. The van der Waals surface area contributed by atoms with Crippen molar-refractivity contribution >= 4 is 16.6 Å². The summed E-state index contributed by atoms with van der Waals surface area (Å²) in [5, 5.41) is 3.95. The van der Waals surface area contributed by atoms with Crippen LogP contribution in [0.25, 0.3) is 10.9 Å². The molecule has 3 aromatic rings. The molecule has 0 aliphatic carbocycles. The van der Waals surface area contributed by atoms with Crippen molar-refractivity contribution in [1.29, 1.82) is 0 Å². The van der Waals surface area contributed by atoms with Crippen LogP contribution in [0.2, 0.25) is 0 Å². The van der Waals surface area contributed by atoms with Crippen molar-refractivity contribution in [2.45, 2.75) is 6.54 Å². The van der Waals surface area contributed by atoms with E-state index >= 15 is 0 Å². The number of aromatic nitrogens is 1. The molecule has 8 heteroatoms. The summed E-state index contributed by atoms with van der Waals surface area (Å²) in [5.74, 6) is 2.67. The van der Waals surface area contributed by atoms with E-state index in [4.69, 9.17) is 23.7 Å². The molecule has 0 radical (unpaired) electrons. The second-order valence-corrected chi connectivity index (χ2v) is 6.15. The standard InChI is InChI=1S/C21H24N2O6/c1-25-16-7-6-13(9-17(16)26-2)22-11-12-8-14-15(23-21(12)24)10-18(27-3)20(29-5)19(14)28-4/h6-10,22H,11H2,1-5H3,(H,23,24). The number of hydrogen-bond donors (Lipinski definition) is 2. The van der Waals surface area contributed by atoms with Gasteiger partial charge >= 0.3 is 0 Å². The van der Waals surface area contributed by atoms with Crippen LogP contribution in [0.5, 0.6) is 28.7 Å². The molecule has 0 spiro atoms. The Morgan fingerprint density at radius 1 is 0.793 bits per heavy atom. The molecule has 3 rings (SSSR count). The minimum Gasteiger partial charge on any atom is -0.493 e. The molecule has 0 saturated carbocycles. The first kappa shape index (κ1) is 20.2. The molecule has 0 atom stereocenters. The highest BCUT2D eigenvalue weighted by Gasteiger charge is 2.17. The number of nitrogens with one attached hydrogen (secondary N) is 2. The van der Waals surface area contributed by atoms with Gasteiger partial charge in [0, 0.05) is 35.3 Å². The number of rotatable bonds is 8. The van der Waals surface area contributed by atoms with Gasteiger partial charge in [0.1, 0.15) is 0 Å². The van der Waals surface area contributed by atoms with Gasteiger partial charge in [0.15, 0.2) is 23.0 Å². The van der Waals surface area contributed by atoms with Crippen molar-refractivity contribution in [3.8, 4) is 28.7 Å². The number of fused-ring (bicyclic) bond motifs is 1. The first-order chi connectivity index (χ1) is 14.1. The van der Waals surface area contributed by atoms with Crippen LogP contribution < -0.4 is 34.6 Å². The van der Waals surface area contributed by atoms with Gasteiger partial charge in [-0.3, -0.25) is 4.79 Å². The SMILES string of the molecule is COc1ccc(NCc2cc3c(OC)c(OC)c(OC)cc3[nH]c2=O)cc1OC. The third kappa shape index (κ3) is 3.87. The molecule has 2 aromatic carbocycles. The summed E-state index contributed by atoms with van der Waals surface area (Å²) in [6.07, 6.45) is 0. The summed E-state index contributed by atoms with van der Waals surface area (Å²) in [6.45, 7) is 0.304. The highest BCUT2D eigenvalue weighted by Crippen LogP contribution is 2.42. The fourth-order valence-electron chi connectivity index (χ4n) is 3.14. The zero-order valence-electron chi connectivity index (χ0n) is 17.0. The first-order valence-corrected chi connectivity index (χ1v) is 8.87. The second-order valence-electron chi connectivity index (χ2n) is 6.15. The summed E-state index contributed by atoms with van der Waals surface area (Å²) in [6, 6.07) is 8.95. The molecule has 0 bridgehead atoms. The molecule has 8 nitrogen and oxygen atoms in total. The van der Waals surface area contributed by atoms with Gasteiger partial charge in [-0.2, -0.15) is 0 Å². The average Bonchev–Trinajstić information content (AvgIpc) is 2.75. The van der Waals surface area contributed by atoms with Gasteiger partial charge in [-0.1, -0.05) is 0 Å². The van der Waals surface area contributed by atoms with E-state index in [0.29, 0.717) is 51.8 Å². The van der Waals surface area contributed by atoms with Crippen LogP contribution in [0.3, 0.4) is 0 Å². The molecule has 29 heavy (non-hydrogen) atoms. The van der Waals surface area contributed by atoms with Crippen molar-refractivity contribution in [3.63, 3.8) is 0 Å². The molecule has 0 amide bonds. The van der Waals surface area contributed by atoms with Gasteiger partial charge in [-0.05, 0) is 18.2 Å². The first-order valence-electron chi connectivity index (χ1n) is 8.87. The summed E-state index contributed by atoms with van der Waals surface area (Å²) in [5.41, 5.74) is 1.72. The van der Waals surface area contributed by atoms with Crippen molar-refractivity contribution in [2.24, 2.45) is 0 Å². The Kier molecular flexibility index (Phi) is 6.01. The lowest BCUT2D eigenvalue weighted by Gasteiger charge is -2.15. The van der Waals surface area contributed by atoms with Gasteiger partial charge in [0.25, 0.3) is 5.56 Å². The van der Waals surface area contributed by atoms with Crippen molar-refractivity contribution in [2.75, 3.05) is 40.9 Å². The normalized spacial score (nSPS) is 10.5. The summed E-state index contributed by atoms with van der Waals surface area (Å²) >= 11 is 0. The molecule has 0 unspecified atom stereocenters. The second kappa shape index (κ2) is 8.64. The molecule has 0 fully saturated rings. The third-order valence-corrected chi connectivity index (χ3v) is 4.59. The Bertz CT molecular complexity index is 1080. The number of pyridine rings is 1. The number of anilines is 1. The summed E-state index contributed by atoms with van der Waals surface area (Å²) < 4.78 is 26.9. The number of aromatic amines is 1. The van der Waals surface area contributed by atoms with Crippen molar-refractivity contribution in [3.05, 3.63) is 46.2 Å². The Morgan fingerprint density at radius 2 is 1.48 bits per heavy atom. The van der Waals surface area contributed by atoms with Crippen LogP contribution in [-0.2, 0) is 6.54 Å². The molecule has 2 N–H and O–H groups in total. The number of H-pyrrole nitrogens is 1. The van der Waals surface area contributed by atoms with Crippen molar-refractivity contribution < 1.29 is 23.7 Å². The van der Waals surface area contributed by atoms with E-state index in [0.717, 1.165) is 5.69 Å². The number of ether oxygens (including phenoxy) is 5. The fourth-order valence-corrected chi connectivity index (χ4v) is 3.14. The maximum atomic E-state index is 12.6. The highest BCUT2D eigenvalue weighted by molar-refractivity contribution is 5.90. The molecule has 0 saturated heterocycles. The topological polar surface area (TPSA) is 91.0 Å². The maximum absolute atomic E-state index is 12.6. The highest BCUT2D eigenvalue weighted by atomic mass is 16.5. The molecule has 0 aliphatic rings. The summed E-state index contributed by atoms with van der Waals surface area (Å²) in [4.78, 5) is 15.5. The lowest BCUT2D eigenvalue weighted by molar-refractivity contribution is 0.327. The molecular formula is C21H24N2O6. The number of methoxy groups -OCH3 is 5. The Labute approximate surface area is 168 Å². The van der Waals surface area contributed by atoms with E-state index < -0.39 is 0 Å². The third-order valence-electron chi connectivity index (χ3n) is 4.59. The number of benzene rings is 2. The summed E-state index contributed by atoms with van der Waals surface area (Å²) in [7, 11) is 7.77. The predicted octanol–water partition coefficient (Wildman–Crippen LogP) is 3.18. The van der Waals surface area contributed by atoms with Crippen molar-refractivity contribution in [1.82, 2.24) is 4.98 Å². The van der Waals surface area contributed by atoms with E-state index in [2.05, 4.69) is 10.3 Å². The number of hydrogen-bond acceptors (Lipinski definition) is 7. The zero-order valence-corrected chi connectivity index (χ0v) is 17.0. The molecule has 1 aromatic heterocycles. The van der Waals surface area contributed by atoms with E-state index in [1.165, 1.54) is 14.2 Å². The molecule has 0 aliphatic heterocycles. The lowest BCUT2D eigenvalue weighted by Crippen LogP contribution is -2.16. The Hall–Kier alpha value is -3.55. The maximum Gasteiger partial charge on any atom is 0.253 e. The van der Waals surface area contributed by atoms with Crippen LogP contribution in [0.4, 0.5) is 5.69 Å². The monoisotopic (exact) mass is 400 g/mol.